The first-order valence-corrected chi connectivity index (χ1v) is 4.69. The monoisotopic (exact) mass is 211 g/mol. The van der Waals surface area contributed by atoms with Crippen LogP contribution in [0.2, 0.25) is 0 Å². The van der Waals surface area contributed by atoms with E-state index in [9.17, 15) is 9.18 Å². The van der Waals surface area contributed by atoms with E-state index < -0.39 is 11.8 Å². The number of carbonyl (C=O) groups excluding carboxylic acids is 1. The summed E-state index contributed by atoms with van der Waals surface area (Å²) in [6.07, 6.45) is -0.250. The number of halogens is 1. The molecule has 3 nitrogen and oxygen atoms in total. The first-order valence-electron chi connectivity index (χ1n) is 4.69. The Balaban J connectivity index is 3.13. The predicted molar refractivity (Wildman–Crippen MR) is 56.1 cm³/mol. The Morgan fingerprint density at radius 3 is 2.60 bits per heavy atom. The Morgan fingerprint density at radius 1 is 1.47 bits per heavy atom. The molecule has 0 aliphatic rings. The van der Waals surface area contributed by atoms with Crippen LogP contribution in [0, 0.1) is 12.7 Å². The number of hydrogen-bond acceptors (Lipinski definition) is 3. The number of nitrogen functional groups attached to an aromatic ring is 1. The van der Waals surface area contributed by atoms with Crippen LogP contribution in [0.15, 0.2) is 12.1 Å². The minimum atomic E-state index is -0.584. The molecule has 82 valence electrons. The second-order valence-corrected chi connectivity index (χ2v) is 3.59. The number of carbonyl (C=O) groups is 1. The lowest BCUT2D eigenvalue weighted by atomic mass is 10.1. The normalized spacial score (nSPS) is 10.5. The average molecular weight is 211 g/mol. The van der Waals surface area contributed by atoms with Gasteiger partial charge < -0.3 is 10.5 Å². The van der Waals surface area contributed by atoms with Gasteiger partial charge in [-0.25, -0.2) is 9.18 Å². The number of rotatable bonds is 2. The highest BCUT2D eigenvalue weighted by atomic mass is 19.1. The van der Waals surface area contributed by atoms with Crippen LogP contribution in [-0.2, 0) is 4.74 Å². The van der Waals surface area contributed by atoms with E-state index in [0.29, 0.717) is 0 Å². The van der Waals surface area contributed by atoms with Crippen molar-refractivity contribution in [2.24, 2.45) is 0 Å². The summed E-state index contributed by atoms with van der Waals surface area (Å²) in [7, 11) is 0. The summed E-state index contributed by atoms with van der Waals surface area (Å²) in [4.78, 5) is 11.6. The molecule has 0 bridgehead atoms. The van der Waals surface area contributed by atoms with Crippen molar-refractivity contribution in [2.75, 3.05) is 5.73 Å². The number of benzene rings is 1. The van der Waals surface area contributed by atoms with Crippen molar-refractivity contribution in [3.63, 3.8) is 0 Å². The average Bonchev–Trinajstić information content (AvgIpc) is 2.11. The van der Waals surface area contributed by atoms with Crippen LogP contribution in [-0.4, -0.2) is 12.1 Å². The molecule has 2 N–H and O–H groups in total. The molecule has 0 unspecified atom stereocenters. The lowest BCUT2D eigenvalue weighted by Crippen LogP contribution is -2.15. The maximum atomic E-state index is 13.2. The lowest BCUT2D eigenvalue weighted by Gasteiger charge is -2.12. The highest BCUT2D eigenvalue weighted by Crippen LogP contribution is 2.20. The van der Waals surface area contributed by atoms with Gasteiger partial charge in [0.2, 0.25) is 0 Å². The van der Waals surface area contributed by atoms with Gasteiger partial charge in [-0.1, -0.05) is 0 Å². The third kappa shape index (κ3) is 2.46. The van der Waals surface area contributed by atoms with Gasteiger partial charge in [0, 0.05) is 11.3 Å². The van der Waals surface area contributed by atoms with Gasteiger partial charge in [-0.3, -0.25) is 0 Å². The molecule has 1 aromatic rings. The molecule has 1 aromatic carbocycles. The van der Waals surface area contributed by atoms with E-state index in [1.165, 1.54) is 19.1 Å². The molecule has 1 rings (SSSR count). The van der Waals surface area contributed by atoms with Crippen LogP contribution in [0.25, 0.3) is 0 Å². The van der Waals surface area contributed by atoms with E-state index in [0.717, 1.165) is 0 Å². The van der Waals surface area contributed by atoms with Crippen molar-refractivity contribution in [2.45, 2.75) is 26.9 Å². The Labute approximate surface area is 88.0 Å². The molecule has 0 saturated carbocycles. The third-order valence-corrected chi connectivity index (χ3v) is 1.98. The number of nitrogens with two attached hydrogens (primary N) is 1. The van der Waals surface area contributed by atoms with Crippen molar-refractivity contribution in [3.8, 4) is 0 Å². The van der Waals surface area contributed by atoms with E-state index in [4.69, 9.17) is 10.5 Å². The zero-order valence-electron chi connectivity index (χ0n) is 9.00. The van der Waals surface area contributed by atoms with Gasteiger partial charge in [0.15, 0.2) is 0 Å². The first kappa shape index (κ1) is 11.5. The predicted octanol–water partition coefficient (Wildman–Crippen LogP) is 2.28. The molecule has 0 aliphatic carbocycles. The van der Waals surface area contributed by atoms with Crippen molar-refractivity contribution >= 4 is 11.7 Å². The van der Waals surface area contributed by atoms with E-state index in [2.05, 4.69) is 0 Å². The van der Waals surface area contributed by atoms with Gasteiger partial charge in [0.1, 0.15) is 5.82 Å². The van der Waals surface area contributed by atoms with Gasteiger partial charge in [0.05, 0.1) is 11.7 Å². The number of ether oxygens (including phenoxy) is 1. The molecule has 0 heterocycles. The third-order valence-electron chi connectivity index (χ3n) is 1.98. The van der Waals surface area contributed by atoms with Gasteiger partial charge in [-0.15, -0.1) is 0 Å². The van der Waals surface area contributed by atoms with Crippen molar-refractivity contribution < 1.29 is 13.9 Å². The first-order chi connectivity index (χ1) is 6.93. The zero-order valence-corrected chi connectivity index (χ0v) is 9.00. The van der Waals surface area contributed by atoms with E-state index in [-0.39, 0.29) is 22.9 Å². The molecule has 15 heavy (non-hydrogen) atoms. The minimum absolute atomic E-state index is 0.115. The van der Waals surface area contributed by atoms with Crippen LogP contribution in [0.3, 0.4) is 0 Å². The van der Waals surface area contributed by atoms with Gasteiger partial charge in [0.25, 0.3) is 0 Å². The number of anilines is 1. The minimum Gasteiger partial charge on any atom is -0.459 e. The van der Waals surface area contributed by atoms with Gasteiger partial charge >= 0.3 is 5.97 Å². The molecule has 0 radical (unpaired) electrons. The Kier molecular flexibility index (Phi) is 3.29. The summed E-state index contributed by atoms with van der Waals surface area (Å²) in [5, 5.41) is 0. The quantitative estimate of drug-likeness (QED) is 0.603. The maximum absolute atomic E-state index is 13.2. The molecule has 4 heteroatoms. The summed E-state index contributed by atoms with van der Waals surface area (Å²) in [5.41, 5.74) is 6.17. The molecule has 0 aliphatic heterocycles. The molecule has 0 fully saturated rings. The van der Waals surface area contributed by atoms with E-state index in [1.807, 2.05) is 0 Å². The topological polar surface area (TPSA) is 52.3 Å². The largest absolute Gasteiger partial charge is 0.459 e. The van der Waals surface area contributed by atoms with Crippen LogP contribution < -0.4 is 5.73 Å². The SMILES string of the molecule is Cc1c(F)ccc(N)c1C(=O)OC(C)C. The Bertz CT molecular complexity index is 388. The standard InChI is InChI=1S/C11H14FNO2/c1-6(2)15-11(14)10-7(3)8(12)4-5-9(10)13/h4-6H,13H2,1-3H3. The lowest BCUT2D eigenvalue weighted by molar-refractivity contribution is 0.0378. The van der Waals surface area contributed by atoms with Crippen molar-refractivity contribution in [1.29, 1.82) is 0 Å². The van der Waals surface area contributed by atoms with Crippen LogP contribution in [0.5, 0.6) is 0 Å². The van der Waals surface area contributed by atoms with Gasteiger partial charge in [-0.05, 0) is 32.9 Å². The highest BCUT2D eigenvalue weighted by molar-refractivity contribution is 5.96. The van der Waals surface area contributed by atoms with Crippen molar-refractivity contribution in [3.05, 3.63) is 29.1 Å². The van der Waals surface area contributed by atoms with Crippen LogP contribution in [0.4, 0.5) is 10.1 Å². The summed E-state index contributed by atoms with van der Waals surface area (Å²) in [5.74, 6) is -1.04. The fourth-order valence-electron chi connectivity index (χ4n) is 1.25. The second kappa shape index (κ2) is 4.29. The number of hydrogen-bond donors (Lipinski definition) is 1. The molecule has 0 aromatic heterocycles. The molecule has 0 saturated heterocycles. The Hall–Kier alpha value is -1.58. The smallest absolute Gasteiger partial charge is 0.340 e. The zero-order chi connectivity index (χ0) is 11.6. The summed E-state index contributed by atoms with van der Waals surface area (Å²) < 4.78 is 18.2. The van der Waals surface area contributed by atoms with E-state index in [1.54, 1.807) is 13.8 Å². The fourth-order valence-corrected chi connectivity index (χ4v) is 1.25. The highest BCUT2D eigenvalue weighted by Gasteiger charge is 2.17. The molecule has 0 spiro atoms. The summed E-state index contributed by atoms with van der Waals surface area (Å²) in [6.45, 7) is 4.95. The molecular formula is C11H14FNO2. The number of esters is 1. The van der Waals surface area contributed by atoms with Crippen LogP contribution in [0.1, 0.15) is 29.8 Å². The second-order valence-electron chi connectivity index (χ2n) is 3.59. The molecular weight excluding hydrogens is 197 g/mol. The summed E-state index contributed by atoms with van der Waals surface area (Å²) in [6, 6.07) is 2.59. The van der Waals surface area contributed by atoms with Crippen molar-refractivity contribution in [1.82, 2.24) is 0 Å². The van der Waals surface area contributed by atoms with E-state index >= 15 is 0 Å². The maximum Gasteiger partial charge on any atom is 0.340 e. The summed E-state index contributed by atoms with van der Waals surface area (Å²) >= 11 is 0. The Morgan fingerprint density at radius 2 is 2.07 bits per heavy atom. The van der Waals surface area contributed by atoms with Crippen LogP contribution >= 0.6 is 0 Å². The molecule has 0 amide bonds. The van der Waals surface area contributed by atoms with Gasteiger partial charge in [-0.2, -0.15) is 0 Å². The molecule has 0 atom stereocenters. The fraction of sp³-hybridized carbons (Fsp3) is 0.364.